The van der Waals surface area contributed by atoms with E-state index in [1.807, 2.05) is 24.3 Å². The highest BCUT2D eigenvalue weighted by atomic mass is 32.1. The molecule has 4 aromatic rings. The Balaban J connectivity index is 1.53. The van der Waals surface area contributed by atoms with Gasteiger partial charge in [-0.05, 0) is 38.8 Å². The van der Waals surface area contributed by atoms with Gasteiger partial charge in [0.1, 0.15) is 43.6 Å². The maximum atomic E-state index is 13.2. The summed E-state index contributed by atoms with van der Waals surface area (Å²) in [5.74, 6) is 0. The molecule has 1 saturated carbocycles. The average Bonchev–Trinajstić information content (AvgIpc) is 3.82. The maximum Gasteiger partial charge on any atom is 0.269 e. The van der Waals surface area contributed by atoms with Crippen molar-refractivity contribution in [2.45, 2.75) is 64.5 Å². The molecule has 0 N–H and O–H groups in total. The monoisotopic (exact) mass is 654 g/mol. The highest BCUT2D eigenvalue weighted by molar-refractivity contribution is 7.23. The van der Waals surface area contributed by atoms with Crippen molar-refractivity contribution in [3.63, 3.8) is 0 Å². The van der Waals surface area contributed by atoms with Gasteiger partial charge in [0.05, 0.1) is 35.6 Å². The number of hydrogen-bond acceptors (Lipinski definition) is 12. The van der Waals surface area contributed by atoms with Crippen LogP contribution in [0.4, 0.5) is 0 Å². The molecule has 4 aromatic heterocycles. The zero-order valence-corrected chi connectivity index (χ0v) is 26.9. The first-order valence-corrected chi connectivity index (χ1v) is 17.1. The number of rotatable bonds is 4. The van der Waals surface area contributed by atoms with E-state index in [0.29, 0.717) is 41.5 Å². The Labute approximate surface area is 266 Å². The molecule has 1 fully saturated rings. The SMILES string of the molecule is CCn1c(=C(C#N)C#N)s/c(=C\c2nc3c(s2)-c2sc(/C=c4\sc(=C(C#N)C#N)n(CC)c4=O)nc2C32CCCCC2)c1=O. The summed E-state index contributed by atoms with van der Waals surface area (Å²) in [4.78, 5) is 38.5. The second-order valence-electron chi connectivity index (χ2n) is 10.2. The maximum absolute atomic E-state index is 13.2. The van der Waals surface area contributed by atoms with Crippen LogP contribution >= 0.6 is 45.3 Å². The Morgan fingerprint density at radius 1 is 0.727 bits per heavy atom. The van der Waals surface area contributed by atoms with Gasteiger partial charge in [0.2, 0.25) is 0 Å². The van der Waals surface area contributed by atoms with E-state index < -0.39 is 0 Å². The molecule has 4 heterocycles. The fraction of sp³-hybridized carbons (Fsp3) is 0.333. The lowest BCUT2D eigenvalue weighted by molar-refractivity contribution is 0.340. The smallest absolute Gasteiger partial charge is 0.269 e. The number of fused-ring (bicyclic) bond motifs is 5. The van der Waals surface area contributed by atoms with Crippen LogP contribution in [0, 0.1) is 45.3 Å². The average molecular weight is 655 g/mol. The zero-order valence-electron chi connectivity index (χ0n) is 23.6. The Kier molecular flexibility index (Phi) is 7.79. The molecule has 0 saturated heterocycles. The molecule has 2 aliphatic carbocycles. The van der Waals surface area contributed by atoms with Crippen molar-refractivity contribution in [3.05, 3.63) is 60.5 Å². The van der Waals surface area contributed by atoms with Gasteiger partial charge in [-0.15, -0.1) is 45.3 Å². The van der Waals surface area contributed by atoms with Gasteiger partial charge in [0, 0.05) is 13.1 Å². The van der Waals surface area contributed by atoms with Gasteiger partial charge in [-0.3, -0.25) is 18.7 Å². The number of nitriles is 4. The van der Waals surface area contributed by atoms with E-state index in [4.69, 9.17) is 9.97 Å². The van der Waals surface area contributed by atoms with Crippen LogP contribution in [0.2, 0.25) is 0 Å². The molecule has 2 aliphatic rings. The predicted octanol–water partition coefficient (Wildman–Crippen LogP) is 2.37. The van der Waals surface area contributed by atoms with Crippen LogP contribution in [0.15, 0.2) is 9.59 Å². The van der Waals surface area contributed by atoms with Gasteiger partial charge in [0.15, 0.2) is 11.1 Å². The number of nitrogens with zero attached hydrogens (tertiary/aromatic N) is 8. The third-order valence-electron chi connectivity index (χ3n) is 7.94. The summed E-state index contributed by atoms with van der Waals surface area (Å²) in [5.41, 5.74) is 0.936. The van der Waals surface area contributed by atoms with Crippen LogP contribution in [-0.2, 0) is 18.5 Å². The van der Waals surface area contributed by atoms with Crippen molar-refractivity contribution in [2.24, 2.45) is 0 Å². The minimum absolute atomic E-state index is 0.0904. The highest BCUT2D eigenvalue weighted by Crippen LogP contribution is 2.58. The van der Waals surface area contributed by atoms with Crippen LogP contribution in [0.5, 0.6) is 0 Å². The summed E-state index contributed by atoms with van der Waals surface area (Å²) in [5, 5.41) is 38.9. The van der Waals surface area contributed by atoms with Crippen LogP contribution < -0.4 is 29.5 Å². The van der Waals surface area contributed by atoms with E-state index in [1.165, 1.54) is 31.8 Å². The minimum Gasteiger partial charge on any atom is -0.298 e. The minimum atomic E-state index is -0.340. The lowest BCUT2D eigenvalue weighted by atomic mass is 9.72. The van der Waals surface area contributed by atoms with Crippen molar-refractivity contribution in [2.75, 3.05) is 0 Å². The first kappa shape index (κ1) is 29.6. The van der Waals surface area contributed by atoms with Crippen molar-refractivity contribution in [1.29, 1.82) is 21.0 Å². The van der Waals surface area contributed by atoms with Gasteiger partial charge >= 0.3 is 0 Å². The van der Waals surface area contributed by atoms with Crippen molar-refractivity contribution < 1.29 is 0 Å². The zero-order chi connectivity index (χ0) is 31.2. The summed E-state index contributed by atoms with van der Waals surface area (Å²) in [6, 6.07) is 7.57. The molecule has 0 aromatic carbocycles. The first-order valence-electron chi connectivity index (χ1n) is 13.9. The van der Waals surface area contributed by atoms with E-state index in [1.54, 1.807) is 26.0 Å². The molecular formula is C30H22N8O2S4. The number of thiazole rings is 4. The molecule has 6 rings (SSSR count). The molecule has 44 heavy (non-hydrogen) atoms. The van der Waals surface area contributed by atoms with Gasteiger partial charge in [-0.2, -0.15) is 21.0 Å². The van der Waals surface area contributed by atoms with Gasteiger partial charge in [0.25, 0.3) is 11.1 Å². The normalized spacial score (nSPS) is 15.3. The van der Waals surface area contributed by atoms with Crippen LogP contribution in [-0.4, -0.2) is 19.1 Å². The van der Waals surface area contributed by atoms with Crippen LogP contribution in [0.1, 0.15) is 67.4 Å². The molecule has 0 amide bonds. The second-order valence-corrected chi connectivity index (χ2v) is 14.4. The molecule has 0 unspecified atom stereocenters. The predicted molar refractivity (Wildman–Crippen MR) is 170 cm³/mol. The quantitative estimate of drug-likeness (QED) is 0.324. The largest absolute Gasteiger partial charge is 0.298 e. The Hall–Kier alpha value is -4.44. The van der Waals surface area contributed by atoms with Crippen LogP contribution in [0.3, 0.4) is 0 Å². The summed E-state index contributed by atoms with van der Waals surface area (Å²) < 4.78 is 4.42. The molecule has 0 radical (unpaired) electrons. The summed E-state index contributed by atoms with van der Waals surface area (Å²) in [6.45, 7) is 4.29. The first-order chi connectivity index (χ1) is 21.3. The van der Waals surface area contributed by atoms with E-state index in [2.05, 4.69) is 0 Å². The Morgan fingerprint density at radius 3 is 1.50 bits per heavy atom. The molecule has 218 valence electrons. The standard InChI is InChI=1S/C30H22N8O2S4/c1-3-37-26(39)18(41-28(37)16(12-31)13-32)10-20-35-24-22(43-20)23-25(30(24)8-6-5-7-9-30)36-21(44-23)11-19-27(40)38(4-2)29(42-19)17(14-33)15-34/h10-11H,3-9H2,1-2H3/b18-10-,19-11-. The molecule has 1 spiro atoms. The molecule has 10 nitrogen and oxygen atoms in total. The summed E-state index contributed by atoms with van der Waals surface area (Å²) in [6.07, 6.45) is 8.53. The van der Waals surface area contributed by atoms with E-state index >= 15 is 0 Å². The topological polar surface area (TPSA) is 165 Å². The third kappa shape index (κ3) is 4.51. The third-order valence-corrected chi connectivity index (χ3v) is 12.4. The van der Waals surface area contributed by atoms with E-state index in [0.717, 1.165) is 75.9 Å². The molecule has 0 atom stereocenters. The Morgan fingerprint density at radius 2 is 1.14 bits per heavy atom. The van der Waals surface area contributed by atoms with Crippen LogP contribution in [0.25, 0.3) is 33.1 Å². The molecule has 14 heteroatoms. The van der Waals surface area contributed by atoms with E-state index in [-0.39, 0.29) is 27.7 Å². The van der Waals surface area contributed by atoms with Gasteiger partial charge < -0.3 is 0 Å². The summed E-state index contributed by atoms with van der Waals surface area (Å²) >= 11 is 5.24. The number of aromatic nitrogens is 4. The molecular weight excluding hydrogens is 633 g/mol. The second kappa shape index (κ2) is 11.6. The lowest BCUT2D eigenvalue weighted by Crippen LogP contribution is -2.31. The molecule has 0 bridgehead atoms. The van der Waals surface area contributed by atoms with Gasteiger partial charge in [-0.25, -0.2) is 9.97 Å². The highest BCUT2D eigenvalue weighted by Gasteiger charge is 2.49. The van der Waals surface area contributed by atoms with Crippen molar-refractivity contribution >= 4 is 68.6 Å². The fourth-order valence-electron chi connectivity index (χ4n) is 5.95. The Bertz CT molecular complexity index is 2200. The lowest BCUT2D eigenvalue weighted by Gasteiger charge is -2.32. The van der Waals surface area contributed by atoms with Crippen molar-refractivity contribution in [3.8, 4) is 34.0 Å². The van der Waals surface area contributed by atoms with E-state index in [9.17, 15) is 30.6 Å². The fourth-order valence-corrected chi connectivity index (χ4v) is 10.6. The number of hydrogen-bond donors (Lipinski definition) is 0. The van der Waals surface area contributed by atoms with Gasteiger partial charge in [-0.1, -0.05) is 19.3 Å². The molecule has 0 aliphatic heterocycles. The van der Waals surface area contributed by atoms with Crippen molar-refractivity contribution in [1.82, 2.24) is 19.1 Å². The summed E-state index contributed by atoms with van der Waals surface area (Å²) in [7, 11) is 0.